The molecule has 0 N–H and O–H groups in total. The highest BCUT2D eigenvalue weighted by Gasteiger charge is 2.30. The van der Waals surface area contributed by atoms with Crippen molar-refractivity contribution in [3.05, 3.63) is 29.3 Å². The molecule has 1 aliphatic heterocycles. The SMILES string of the molecule is O=C1OCC[C@H]1n1nnc(-c2ccc(Cl)cc2)n1. The third-order valence-electron chi connectivity index (χ3n) is 2.72. The van der Waals surface area contributed by atoms with Crippen molar-refractivity contribution in [1.29, 1.82) is 0 Å². The van der Waals surface area contributed by atoms with Gasteiger partial charge in [-0.1, -0.05) is 11.6 Å². The molecular formula is C11H9ClN4O2. The lowest BCUT2D eigenvalue weighted by Gasteiger charge is -2.01. The van der Waals surface area contributed by atoms with Gasteiger partial charge in [-0.3, -0.25) is 0 Å². The van der Waals surface area contributed by atoms with Crippen molar-refractivity contribution in [3.63, 3.8) is 0 Å². The van der Waals surface area contributed by atoms with Crippen LogP contribution in [0.2, 0.25) is 5.02 Å². The number of tetrazole rings is 1. The zero-order valence-electron chi connectivity index (χ0n) is 9.28. The first kappa shape index (κ1) is 11.2. The zero-order chi connectivity index (χ0) is 12.5. The highest BCUT2D eigenvalue weighted by atomic mass is 35.5. The van der Waals surface area contributed by atoms with Crippen molar-refractivity contribution in [2.75, 3.05) is 6.61 Å². The van der Waals surface area contributed by atoms with Crippen LogP contribution in [-0.4, -0.2) is 32.8 Å². The minimum Gasteiger partial charge on any atom is -0.464 e. The molecule has 1 saturated heterocycles. The van der Waals surface area contributed by atoms with Crippen molar-refractivity contribution >= 4 is 17.6 Å². The highest BCUT2D eigenvalue weighted by molar-refractivity contribution is 6.30. The fraction of sp³-hybridized carbons (Fsp3) is 0.273. The molecule has 0 amide bonds. The molecule has 1 atom stereocenters. The summed E-state index contributed by atoms with van der Waals surface area (Å²) in [7, 11) is 0. The summed E-state index contributed by atoms with van der Waals surface area (Å²) in [6.07, 6.45) is 0.579. The van der Waals surface area contributed by atoms with Crippen LogP contribution in [0.3, 0.4) is 0 Å². The van der Waals surface area contributed by atoms with Crippen LogP contribution < -0.4 is 0 Å². The normalized spacial score (nSPS) is 18.9. The van der Waals surface area contributed by atoms with E-state index in [1.54, 1.807) is 24.3 Å². The van der Waals surface area contributed by atoms with E-state index in [1.807, 2.05) is 0 Å². The minimum atomic E-state index is -0.460. The van der Waals surface area contributed by atoms with Gasteiger partial charge in [-0.2, -0.15) is 0 Å². The minimum absolute atomic E-state index is 0.310. The van der Waals surface area contributed by atoms with Gasteiger partial charge in [0.15, 0.2) is 6.04 Å². The highest BCUT2D eigenvalue weighted by Crippen LogP contribution is 2.21. The Morgan fingerprint density at radius 3 is 2.78 bits per heavy atom. The van der Waals surface area contributed by atoms with Crippen LogP contribution in [0.15, 0.2) is 24.3 Å². The summed E-state index contributed by atoms with van der Waals surface area (Å²) in [4.78, 5) is 12.7. The molecule has 0 aliphatic carbocycles. The summed E-state index contributed by atoms with van der Waals surface area (Å²) in [5.41, 5.74) is 0.803. The van der Waals surface area contributed by atoms with Crippen LogP contribution in [0.1, 0.15) is 12.5 Å². The maximum Gasteiger partial charge on any atom is 0.333 e. The third kappa shape index (κ3) is 1.95. The van der Waals surface area contributed by atoms with Gasteiger partial charge in [0.2, 0.25) is 5.82 Å². The van der Waals surface area contributed by atoms with Crippen molar-refractivity contribution in [1.82, 2.24) is 20.2 Å². The summed E-state index contributed by atoms with van der Waals surface area (Å²) in [5, 5.41) is 12.7. The largest absolute Gasteiger partial charge is 0.464 e. The van der Waals surface area contributed by atoms with Crippen LogP contribution in [-0.2, 0) is 9.53 Å². The topological polar surface area (TPSA) is 69.9 Å². The number of esters is 1. The molecule has 0 unspecified atom stereocenters. The number of halogens is 1. The molecule has 0 radical (unpaired) electrons. The van der Waals surface area contributed by atoms with E-state index in [-0.39, 0.29) is 5.97 Å². The van der Waals surface area contributed by atoms with Gasteiger partial charge in [-0.15, -0.1) is 15.0 Å². The number of benzene rings is 1. The summed E-state index contributed by atoms with van der Waals surface area (Å²) < 4.78 is 4.87. The van der Waals surface area contributed by atoms with Crippen LogP contribution >= 0.6 is 11.6 Å². The van der Waals surface area contributed by atoms with Crippen molar-refractivity contribution in [3.8, 4) is 11.4 Å². The Labute approximate surface area is 108 Å². The van der Waals surface area contributed by atoms with Gasteiger partial charge in [0.25, 0.3) is 0 Å². The fourth-order valence-electron chi connectivity index (χ4n) is 1.77. The van der Waals surface area contributed by atoms with E-state index in [2.05, 4.69) is 15.4 Å². The van der Waals surface area contributed by atoms with Crippen molar-refractivity contribution in [2.45, 2.75) is 12.5 Å². The lowest BCUT2D eigenvalue weighted by Crippen LogP contribution is -2.17. The van der Waals surface area contributed by atoms with Gasteiger partial charge in [0.05, 0.1) is 6.61 Å². The van der Waals surface area contributed by atoms with E-state index in [0.29, 0.717) is 23.9 Å². The van der Waals surface area contributed by atoms with E-state index >= 15 is 0 Å². The van der Waals surface area contributed by atoms with E-state index in [0.717, 1.165) is 5.56 Å². The zero-order valence-corrected chi connectivity index (χ0v) is 10.0. The number of rotatable bonds is 2. The lowest BCUT2D eigenvalue weighted by molar-refractivity contribution is -0.141. The smallest absolute Gasteiger partial charge is 0.333 e. The summed E-state index contributed by atoms with van der Waals surface area (Å²) in [6.45, 7) is 0.404. The molecule has 0 saturated carbocycles. The Morgan fingerprint density at radius 2 is 2.11 bits per heavy atom. The fourth-order valence-corrected chi connectivity index (χ4v) is 1.89. The number of cyclic esters (lactones) is 1. The second-order valence-corrected chi connectivity index (χ2v) is 4.35. The van der Waals surface area contributed by atoms with Crippen LogP contribution in [0.5, 0.6) is 0 Å². The van der Waals surface area contributed by atoms with Crippen LogP contribution in [0, 0.1) is 0 Å². The van der Waals surface area contributed by atoms with E-state index in [1.165, 1.54) is 4.80 Å². The number of ether oxygens (including phenoxy) is 1. The number of hydrogen-bond donors (Lipinski definition) is 0. The summed E-state index contributed by atoms with van der Waals surface area (Å²) in [6, 6.07) is 6.65. The Hall–Kier alpha value is -1.95. The molecule has 18 heavy (non-hydrogen) atoms. The van der Waals surface area contributed by atoms with Crippen LogP contribution in [0.25, 0.3) is 11.4 Å². The van der Waals surface area contributed by atoms with E-state index in [4.69, 9.17) is 16.3 Å². The Bertz CT molecular complexity index is 581. The lowest BCUT2D eigenvalue weighted by atomic mass is 10.2. The molecule has 1 aromatic carbocycles. The Kier molecular flexibility index (Phi) is 2.71. The van der Waals surface area contributed by atoms with E-state index < -0.39 is 6.04 Å². The Balaban J connectivity index is 1.89. The van der Waals surface area contributed by atoms with Crippen LogP contribution in [0.4, 0.5) is 0 Å². The first-order valence-corrected chi connectivity index (χ1v) is 5.84. The average molecular weight is 265 g/mol. The first-order valence-electron chi connectivity index (χ1n) is 5.46. The molecule has 2 aromatic rings. The predicted octanol–water partition coefficient (Wildman–Crippen LogP) is 1.48. The van der Waals surface area contributed by atoms with Gasteiger partial charge in [0, 0.05) is 17.0 Å². The molecule has 2 heterocycles. The molecule has 0 bridgehead atoms. The number of carbonyl (C=O) groups excluding carboxylic acids is 1. The number of hydrogen-bond acceptors (Lipinski definition) is 5. The second-order valence-electron chi connectivity index (χ2n) is 3.91. The monoisotopic (exact) mass is 264 g/mol. The molecule has 3 rings (SSSR count). The third-order valence-corrected chi connectivity index (χ3v) is 2.97. The molecule has 92 valence electrons. The molecule has 1 fully saturated rings. The Morgan fingerprint density at radius 1 is 1.33 bits per heavy atom. The second kappa shape index (κ2) is 4.38. The van der Waals surface area contributed by atoms with Crippen molar-refractivity contribution in [2.24, 2.45) is 0 Å². The van der Waals surface area contributed by atoms with Gasteiger partial charge in [-0.05, 0) is 29.5 Å². The summed E-state index contributed by atoms with van der Waals surface area (Å²) >= 11 is 5.80. The van der Waals surface area contributed by atoms with Gasteiger partial charge < -0.3 is 4.74 Å². The molecule has 7 heteroatoms. The molecule has 1 aromatic heterocycles. The van der Waals surface area contributed by atoms with Gasteiger partial charge in [-0.25, -0.2) is 4.79 Å². The summed E-state index contributed by atoms with van der Waals surface area (Å²) in [5.74, 6) is 0.154. The molecule has 0 spiro atoms. The van der Waals surface area contributed by atoms with Gasteiger partial charge in [0.1, 0.15) is 0 Å². The quantitative estimate of drug-likeness (QED) is 0.769. The van der Waals surface area contributed by atoms with Crippen molar-refractivity contribution < 1.29 is 9.53 Å². The number of carbonyl (C=O) groups is 1. The number of aromatic nitrogens is 4. The molecule has 1 aliphatic rings. The first-order chi connectivity index (χ1) is 8.74. The molecular weight excluding hydrogens is 256 g/mol. The maximum absolute atomic E-state index is 11.4. The standard InChI is InChI=1S/C11H9ClN4O2/c12-8-3-1-7(2-4-8)10-13-15-16(14-10)9-5-6-18-11(9)17/h1-4,9H,5-6H2/t9-/m1/s1. The molecule has 6 nitrogen and oxygen atoms in total. The average Bonchev–Trinajstić information content (AvgIpc) is 2.98. The van der Waals surface area contributed by atoms with Gasteiger partial charge >= 0.3 is 5.97 Å². The predicted molar refractivity (Wildman–Crippen MR) is 62.9 cm³/mol. The van der Waals surface area contributed by atoms with E-state index in [9.17, 15) is 4.79 Å². The maximum atomic E-state index is 11.4. The number of nitrogens with zero attached hydrogens (tertiary/aromatic N) is 4.